The van der Waals surface area contributed by atoms with Crippen molar-refractivity contribution in [2.45, 2.75) is 38.8 Å². The van der Waals surface area contributed by atoms with Crippen LogP contribution in [0.15, 0.2) is 36.4 Å². The number of ether oxygens (including phenoxy) is 2. The van der Waals surface area contributed by atoms with Crippen LogP contribution in [0.2, 0.25) is 0 Å². The molecule has 1 saturated heterocycles. The summed E-state index contributed by atoms with van der Waals surface area (Å²) in [7, 11) is 1.60. The van der Waals surface area contributed by atoms with E-state index in [2.05, 4.69) is 28.5 Å². The third kappa shape index (κ3) is 3.92. The standard InChI is InChI=1S/C23H27N3O3/c1-16-14-17(2)25-21(28-3)19(16)15-24-22(27)26-12-10-23(11-13-26)9-8-18-6-4-5-7-20(18)29-23/h4-9,14H,10-13,15H2,1-3H3,(H,24,27). The number of likely N-dealkylation sites (tertiary alicyclic amines) is 1. The van der Waals surface area contributed by atoms with Gasteiger partial charge < -0.3 is 19.7 Å². The molecule has 152 valence electrons. The van der Waals surface area contributed by atoms with Crippen molar-refractivity contribution >= 4 is 12.1 Å². The van der Waals surface area contributed by atoms with E-state index in [4.69, 9.17) is 9.47 Å². The zero-order valence-corrected chi connectivity index (χ0v) is 17.2. The fraction of sp³-hybridized carbons (Fsp3) is 0.391. The molecule has 0 radical (unpaired) electrons. The first kappa shape index (κ1) is 19.3. The highest BCUT2D eigenvalue weighted by Crippen LogP contribution is 2.36. The summed E-state index contributed by atoms with van der Waals surface area (Å²) >= 11 is 0. The first-order valence-corrected chi connectivity index (χ1v) is 10.0. The molecule has 0 saturated carbocycles. The van der Waals surface area contributed by atoms with Gasteiger partial charge in [-0.05, 0) is 37.6 Å². The Bertz CT molecular complexity index is 946. The van der Waals surface area contributed by atoms with Crippen LogP contribution in [0.3, 0.4) is 0 Å². The third-order valence-electron chi connectivity index (χ3n) is 5.74. The van der Waals surface area contributed by atoms with Crippen LogP contribution in [0.4, 0.5) is 4.79 Å². The molecule has 0 bridgehead atoms. The third-order valence-corrected chi connectivity index (χ3v) is 5.74. The number of benzene rings is 1. The van der Waals surface area contributed by atoms with Crippen LogP contribution in [0.5, 0.6) is 11.6 Å². The Morgan fingerprint density at radius 2 is 2.03 bits per heavy atom. The molecule has 2 aliphatic heterocycles. The number of nitrogens with one attached hydrogen (secondary N) is 1. The van der Waals surface area contributed by atoms with Crippen molar-refractivity contribution in [1.29, 1.82) is 0 Å². The van der Waals surface area contributed by atoms with E-state index in [0.717, 1.165) is 41.0 Å². The monoisotopic (exact) mass is 393 g/mol. The zero-order chi connectivity index (χ0) is 20.4. The van der Waals surface area contributed by atoms with E-state index < -0.39 is 0 Å². The number of para-hydroxylation sites is 1. The van der Waals surface area contributed by atoms with Crippen molar-refractivity contribution in [2.24, 2.45) is 0 Å². The first-order valence-electron chi connectivity index (χ1n) is 10.0. The number of amides is 2. The smallest absolute Gasteiger partial charge is 0.317 e. The molecule has 29 heavy (non-hydrogen) atoms. The summed E-state index contributed by atoms with van der Waals surface area (Å²) in [5.41, 5.74) is 3.67. The molecule has 1 aromatic carbocycles. The largest absolute Gasteiger partial charge is 0.482 e. The topological polar surface area (TPSA) is 63.7 Å². The molecule has 1 aromatic heterocycles. The predicted molar refractivity (Wildman–Crippen MR) is 112 cm³/mol. The predicted octanol–water partition coefficient (Wildman–Crippen LogP) is 3.86. The molecule has 2 amide bonds. The van der Waals surface area contributed by atoms with Gasteiger partial charge in [-0.25, -0.2) is 9.78 Å². The molecule has 1 N–H and O–H groups in total. The maximum absolute atomic E-state index is 12.7. The normalized spacial score (nSPS) is 16.9. The van der Waals surface area contributed by atoms with E-state index in [-0.39, 0.29) is 11.6 Å². The van der Waals surface area contributed by atoms with Gasteiger partial charge in [-0.15, -0.1) is 0 Å². The number of hydrogen-bond acceptors (Lipinski definition) is 4. The van der Waals surface area contributed by atoms with Crippen LogP contribution in [-0.2, 0) is 6.54 Å². The molecule has 2 aliphatic rings. The maximum Gasteiger partial charge on any atom is 0.317 e. The van der Waals surface area contributed by atoms with Crippen molar-refractivity contribution in [2.75, 3.05) is 20.2 Å². The minimum absolute atomic E-state index is 0.0675. The van der Waals surface area contributed by atoms with Gasteiger partial charge in [0.05, 0.1) is 13.7 Å². The summed E-state index contributed by atoms with van der Waals surface area (Å²) in [5, 5.41) is 3.02. The van der Waals surface area contributed by atoms with Gasteiger partial charge in [-0.2, -0.15) is 0 Å². The summed E-state index contributed by atoms with van der Waals surface area (Å²) in [6, 6.07) is 9.99. The minimum atomic E-state index is -0.314. The molecule has 0 atom stereocenters. The van der Waals surface area contributed by atoms with Gasteiger partial charge in [0.1, 0.15) is 11.4 Å². The Morgan fingerprint density at radius 1 is 1.28 bits per heavy atom. The van der Waals surface area contributed by atoms with Crippen molar-refractivity contribution in [1.82, 2.24) is 15.2 Å². The Hall–Kier alpha value is -3.02. The van der Waals surface area contributed by atoms with Crippen molar-refractivity contribution in [3.05, 3.63) is 58.8 Å². The van der Waals surface area contributed by atoms with E-state index in [9.17, 15) is 4.79 Å². The minimum Gasteiger partial charge on any atom is -0.482 e. The van der Waals surface area contributed by atoms with E-state index in [1.54, 1.807) is 7.11 Å². The van der Waals surface area contributed by atoms with Gasteiger partial charge >= 0.3 is 6.03 Å². The maximum atomic E-state index is 12.7. The fourth-order valence-corrected chi connectivity index (χ4v) is 4.05. The number of pyridine rings is 1. The number of piperidine rings is 1. The number of aryl methyl sites for hydroxylation is 2. The number of urea groups is 1. The molecule has 0 aliphatic carbocycles. The van der Waals surface area contributed by atoms with Gasteiger partial charge in [0, 0.05) is 42.8 Å². The quantitative estimate of drug-likeness (QED) is 0.860. The second-order valence-corrected chi connectivity index (χ2v) is 7.75. The lowest BCUT2D eigenvalue weighted by molar-refractivity contribution is 0.0497. The molecule has 4 rings (SSSR count). The fourth-order valence-electron chi connectivity index (χ4n) is 4.05. The molecule has 3 heterocycles. The molecule has 2 aromatic rings. The molecular formula is C23H27N3O3. The van der Waals surface area contributed by atoms with Gasteiger partial charge in [0.25, 0.3) is 0 Å². The van der Waals surface area contributed by atoms with Crippen LogP contribution >= 0.6 is 0 Å². The van der Waals surface area contributed by atoms with E-state index in [1.807, 2.05) is 43.0 Å². The van der Waals surface area contributed by atoms with Crippen molar-refractivity contribution < 1.29 is 14.3 Å². The Kier molecular flexibility index (Phi) is 5.18. The van der Waals surface area contributed by atoms with Crippen LogP contribution in [0, 0.1) is 13.8 Å². The molecule has 6 nitrogen and oxygen atoms in total. The van der Waals surface area contributed by atoms with Gasteiger partial charge in [0.15, 0.2) is 0 Å². The summed E-state index contributed by atoms with van der Waals surface area (Å²) in [5.74, 6) is 1.49. The lowest BCUT2D eigenvalue weighted by Gasteiger charge is -2.41. The van der Waals surface area contributed by atoms with Crippen LogP contribution in [-0.4, -0.2) is 41.7 Å². The number of nitrogens with zero attached hydrogens (tertiary/aromatic N) is 2. The summed E-state index contributed by atoms with van der Waals surface area (Å²) in [4.78, 5) is 19.0. The Morgan fingerprint density at radius 3 is 2.79 bits per heavy atom. The molecule has 0 unspecified atom stereocenters. The average molecular weight is 393 g/mol. The number of fused-ring (bicyclic) bond motifs is 1. The van der Waals surface area contributed by atoms with Crippen molar-refractivity contribution in [3.8, 4) is 11.6 Å². The van der Waals surface area contributed by atoms with Gasteiger partial charge in [-0.1, -0.05) is 24.3 Å². The van der Waals surface area contributed by atoms with Crippen LogP contribution in [0.1, 0.15) is 35.2 Å². The van der Waals surface area contributed by atoms with Crippen LogP contribution < -0.4 is 14.8 Å². The van der Waals surface area contributed by atoms with Crippen molar-refractivity contribution in [3.63, 3.8) is 0 Å². The Labute approximate surface area is 171 Å². The van der Waals surface area contributed by atoms with E-state index >= 15 is 0 Å². The number of carbonyl (C=O) groups is 1. The summed E-state index contributed by atoms with van der Waals surface area (Å²) < 4.78 is 11.7. The highest BCUT2D eigenvalue weighted by molar-refractivity contribution is 5.74. The molecule has 1 fully saturated rings. The number of methoxy groups -OCH3 is 1. The van der Waals surface area contributed by atoms with Gasteiger partial charge in [-0.3, -0.25) is 0 Å². The average Bonchev–Trinajstić information content (AvgIpc) is 2.73. The lowest BCUT2D eigenvalue weighted by Crippen LogP contribution is -2.51. The highest BCUT2D eigenvalue weighted by atomic mass is 16.5. The summed E-state index contributed by atoms with van der Waals surface area (Å²) in [6.45, 7) is 5.64. The summed E-state index contributed by atoms with van der Waals surface area (Å²) in [6.07, 6.45) is 5.84. The second-order valence-electron chi connectivity index (χ2n) is 7.75. The lowest BCUT2D eigenvalue weighted by atomic mass is 9.88. The SMILES string of the molecule is COc1nc(C)cc(C)c1CNC(=O)N1CCC2(C=Cc3ccccc3O2)CC1. The van der Waals surface area contributed by atoms with Gasteiger partial charge in [0.2, 0.25) is 5.88 Å². The Balaban J connectivity index is 1.36. The number of aromatic nitrogens is 1. The zero-order valence-electron chi connectivity index (χ0n) is 17.2. The number of carbonyl (C=O) groups excluding carboxylic acids is 1. The highest BCUT2D eigenvalue weighted by Gasteiger charge is 2.37. The van der Waals surface area contributed by atoms with Crippen LogP contribution in [0.25, 0.3) is 6.08 Å². The first-order chi connectivity index (χ1) is 14.0. The molecular weight excluding hydrogens is 366 g/mol. The number of hydrogen-bond donors (Lipinski definition) is 1. The van der Waals surface area contributed by atoms with E-state index in [1.165, 1.54) is 0 Å². The van der Waals surface area contributed by atoms with E-state index in [0.29, 0.717) is 25.5 Å². The molecule has 6 heteroatoms. The molecule has 1 spiro atoms. The number of rotatable bonds is 3. The second kappa shape index (κ2) is 7.78.